The molecule has 0 aliphatic heterocycles. The number of rotatable bonds is 6. The lowest BCUT2D eigenvalue weighted by molar-refractivity contribution is -0.138. The van der Waals surface area contributed by atoms with Crippen LogP contribution in [0, 0.1) is 18.3 Å². The van der Waals surface area contributed by atoms with Crippen LogP contribution in [0.2, 0.25) is 0 Å². The van der Waals surface area contributed by atoms with E-state index < -0.39 is 5.97 Å². The molecule has 0 radical (unpaired) electrons. The number of terminal acetylenes is 1. The Bertz CT molecular complexity index is 179. The Morgan fingerprint density at radius 3 is 2.69 bits per heavy atom. The van der Waals surface area contributed by atoms with Gasteiger partial charge in [-0.15, -0.1) is 6.42 Å². The summed E-state index contributed by atoms with van der Waals surface area (Å²) in [5, 5.41) is 0. The maximum atomic E-state index is 10.6. The van der Waals surface area contributed by atoms with Crippen molar-refractivity contribution in [1.82, 2.24) is 0 Å². The first-order valence-corrected chi connectivity index (χ1v) is 4.87. The van der Waals surface area contributed by atoms with Crippen molar-refractivity contribution in [3.8, 4) is 12.3 Å². The molecule has 0 heterocycles. The standard InChI is InChI=1S/C11H18O2/c1-4-7-8-10(5-2)9-13-11(12)6-3/h3,10H,4-5,7-9H2,1-2H3. The Morgan fingerprint density at radius 2 is 2.23 bits per heavy atom. The zero-order valence-corrected chi connectivity index (χ0v) is 8.51. The smallest absolute Gasteiger partial charge is 0.384 e. The maximum absolute atomic E-state index is 10.6. The fourth-order valence-corrected chi connectivity index (χ4v) is 1.13. The van der Waals surface area contributed by atoms with E-state index in [-0.39, 0.29) is 0 Å². The number of carbonyl (C=O) groups excluding carboxylic acids is 1. The van der Waals surface area contributed by atoms with Gasteiger partial charge in [0.1, 0.15) is 0 Å². The molecular formula is C11H18O2. The predicted octanol–water partition coefficient (Wildman–Crippen LogP) is 2.38. The van der Waals surface area contributed by atoms with E-state index in [1.807, 2.05) is 5.92 Å². The van der Waals surface area contributed by atoms with Crippen molar-refractivity contribution in [3.05, 3.63) is 0 Å². The fourth-order valence-electron chi connectivity index (χ4n) is 1.13. The van der Waals surface area contributed by atoms with Crippen LogP contribution in [0.25, 0.3) is 0 Å². The third-order valence-corrected chi connectivity index (χ3v) is 2.11. The molecule has 2 heteroatoms. The van der Waals surface area contributed by atoms with Gasteiger partial charge in [0, 0.05) is 5.92 Å². The molecule has 0 fully saturated rings. The molecule has 0 bridgehead atoms. The molecule has 0 saturated carbocycles. The van der Waals surface area contributed by atoms with Gasteiger partial charge >= 0.3 is 5.97 Å². The Balaban J connectivity index is 3.60. The van der Waals surface area contributed by atoms with Gasteiger partial charge in [0.05, 0.1) is 6.61 Å². The number of carbonyl (C=O) groups is 1. The Hall–Kier alpha value is -0.970. The molecule has 0 aromatic carbocycles. The van der Waals surface area contributed by atoms with Crippen molar-refractivity contribution in [2.45, 2.75) is 39.5 Å². The average molecular weight is 182 g/mol. The van der Waals surface area contributed by atoms with Crippen molar-refractivity contribution in [3.63, 3.8) is 0 Å². The molecule has 13 heavy (non-hydrogen) atoms. The number of unbranched alkanes of at least 4 members (excludes halogenated alkanes) is 1. The van der Waals surface area contributed by atoms with Gasteiger partial charge in [-0.25, -0.2) is 4.79 Å². The molecular weight excluding hydrogens is 164 g/mol. The third kappa shape index (κ3) is 6.21. The van der Waals surface area contributed by atoms with Gasteiger partial charge in [-0.05, 0) is 12.3 Å². The van der Waals surface area contributed by atoms with Crippen molar-refractivity contribution in [2.75, 3.05) is 6.61 Å². The third-order valence-electron chi connectivity index (χ3n) is 2.11. The van der Waals surface area contributed by atoms with Crippen molar-refractivity contribution in [2.24, 2.45) is 5.92 Å². The monoisotopic (exact) mass is 182 g/mol. The van der Waals surface area contributed by atoms with E-state index in [0.29, 0.717) is 12.5 Å². The minimum absolute atomic E-state index is 0.470. The first-order chi connectivity index (χ1) is 6.24. The average Bonchev–Trinajstić information content (AvgIpc) is 2.17. The van der Waals surface area contributed by atoms with E-state index in [1.165, 1.54) is 12.8 Å². The molecule has 0 aromatic rings. The highest BCUT2D eigenvalue weighted by molar-refractivity contribution is 5.87. The maximum Gasteiger partial charge on any atom is 0.384 e. The van der Waals surface area contributed by atoms with Crippen molar-refractivity contribution < 1.29 is 9.53 Å². The minimum atomic E-state index is -0.546. The van der Waals surface area contributed by atoms with E-state index in [1.54, 1.807) is 0 Å². The summed E-state index contributed by atoms with van der Waals surface area (Å²) in [6.07, 6.45) is 9.40. The number of hydrogen-bond acceptors (Lipinski definition) is 2. The Morgan fingerprint density at radius 1 is 1.54 bits per heavy atom. The van der Waals surface area contributed by atoms with Crippen LogP contribution in [0.1, 0.15) is 39.5 Å². The summed E-state index contributed by atoms with van der Waals surface area (Å²) in [6, 6.07) is 0. The predicted molar refractivity (Wildman–Crippen MR) is 53.1 cm³/mol. The number of esters is 1. The first kappa shape index (κ1) is 12.0. The van der Waals surface area contributed by atoms with Gasteiger partial charge in [-0.3, -0.25) is 0 Å². The molecule has 0 saturated heterocycles. The van der Waals surface area contributed by atoms with Crippen LogP contribution in [0.5, 0.6) is 0 Å². The Kier molecular flexibility index (Phi) is 7.10. The molecule has 0 aliphatic rings. The second-order valence-electron chi connectivity index (χ2n) is 3.16. The lowest BCUT2D eigenvalue weighted by Crippen LogP contribution is -2.12. The van der Waals surface area contributed by atoms with Gasteiger partial charge < -0.3 is 4.74 Å². The van der Waals surface area contributed by atoms with Crippen LogP contribution in [0.15, 0.2) is 0 Å². The summed E-state index contributed by atoms with van der Waals surface area (Å²) in [5.41, 5.74) is 0. The summed E-state index contributed by atoms with van der Waals surface area (Å²) in [5.74, 6) is 1.86. The molecule has 74 valence electrons. The van der Waals surface area contributed by atoms with Crippen LogP contribution in [0.3, 0.4) is 0 Å². The molecule has 0 aromatic heterocycles. The van der Waals surface area contributed by atoms with Crippen LogP contribution in [-0.4, -0.2) is 12.6 Å². The zero-order valence-electron chi connectivity index (χ0n) is 8.51. The summed E-state index contributed by atoms with van der Waals surface area (Å²) < 4.78 is 4.87. The van der Waals surface area contributed by atoms with Crippen LogP contribution < -0.4 is 0 Å². The van der Waals surface area contributed by atoms with Crippen molar-refractivity contribution >= 4 is 5.97 Å². The highest BCUT2D eigenvalue weighted by Gasteiger charge is 2.07. The molecule has 0 rings (SSSR count). The van der Waals surface area contributed by atoms with Gasteiger partial charge in [0.15, 0.2) is 0 Å². The minimum Gasteiger partial charge on any atom is -0.456 e. The summed E-state index contributed by atoms with van der Waals surface area (Å²) >= 11 is 0. The second kappa shape index (κ2) is 7.67. The van der Waals surface area contributed by atoms with E-state index >= 15 is 0 Å². The second-order valence-corrected chi connectivity index (χ2v) is 3.16. The van der Waals surface area contributed by atoms with E-state index in [4.69, 9.17) is 11.2 Å². The normalized spacial score (nSPS) is 11.8. The molecule has 0 N–H and O–H groups in total. The molecule has 0 spiro atoms. The lowest BCUT2D eigenvalue weighted by atomic mass is 10.0. The zero-order chi connectivity index (χ0) is 10.1. The SMILES string of the molecule is C#CC(=O)OCC(CC)CCCC. The van der Waals surface area contributed by atoms with Gasteiger partial charge in [-0.2, -0.15) is 0 Å². The lowest BCUT2D eigenvalue weighted by Gasteiger charge is -2.12. The highest BCUT2D eigenvalue weighted by Crippen LogP contribution is 2.12. The summed E-state index contributed by atoms with van der Waals surface area (Å²) in [4.78, 5) is 10.6. The number of hydrogen-bond donors (Lipinski definition) is 0. The van der Waals surface area contributed by atoms with Gasteiger partial charge in [-0.1, -0.05) is 33.1 Å². The van der Waals surface area contributed by atoms with Gasteiger partial charge in [0.2, 0.25) is 0 Å². The van der Waals surface area contributed by atoms with E-state index in [0.717, 1.165) is 12.8 Å². The molecule has 1 atom stereocenters. The first-order valence-electron chi connectivity index (χ1n) is 4.87. The van der Waals surface area contributed by atoms with E-state index in [9.17, 15) is 4.79 Å². The fraction of sp³-hybridized carbons (Fsp3) is 0.727. The quantitative estimate of drug-likeness (QED) is 0.358. The molecule has 0 amide bonds. The summed E-state index contributed by atoms with van der Waals surface area (Å²) in [6.45, 7) is 4.73. The van der Waals surface area contributed by atoms with Crippen LogP contribution >= 0.6 is 0 Å². The van der Waals surface area contributed by atoms with E-state index in [2.05, 4.69) is 13.8 Å². The molecule has 0 aliphatic carbocycles. The summed E-state index contributed by atoms with van der Waals surface area (Å²) in [7, 11) is 0. The molecule has 1 unspecified atom stereocenters. The van der Waals surface area contributed by atoms with Crippen LogP contribution in [-0.2, 0) is 9.53 Å². The van der Waals surface area contributed by atoms with Gasteiger partial charge in [0.25, 0.3) is 0 Å². The van der Waals surface area contributed by atoms with Crippen LogP contribution in [0.4, 0.5) is 0 Å². The molecule has 2 nitrogen and oxygen atoms in total. The number of ether oxygens (including phenoxy) is 1. The van der Waals surface area contributed by atoms with Crippen molar-refractivity contribution in [1.29, 1.82) is 0 Å². The largest absolute Gasteiger partial charge is 0.456 e. The topological polar surface area (TPSA) is 26.3 Å². The Labute approximate surface area is 80.7 Å². The highest BCUT2D eigenvalue weighted by atomic mass is 16.5.